The Balaban J connectivity index is 1.69. The van der Waals surface area contributed by atoms with E-state index in [1.54, 1.807) is 18.2 Å². The number of anilines is 1. The zero-order valence-corrected chi connectivity index (χ0v) is 20.7. The maximum atomic E-state index is 14.1. The highest BCUT2D eigenvalue weighted by molar-refractivity contribution is 6.18. The van der Waals surface area contributed by atoms with Gasteiger partial charge in [-0.15, -0.1) is 11.6 Å². The van der Waals surface area contributed by atoms with Crippen molar-refractivity contribution in [1.29, 1.82) is 0 Å². The van der Waals surface area contributed by atoms with Crippen LogP contribution in [0.25, 0.3) is 0 Å². The van der Waals surface area contributed by atoms with Gasteiger partial charge in [-0.2, -0.15) is 0 Å². The SMILES string of the molecule is C=C(/C=C\C(=C/C)C1(c2ccc(OCC(O)CCl)cc2)C(=O)c2ccccc2N1C)OCC1CO1. The number of ketones is 1. The molecule has 35 heavy (non-hydrogen) atoms. The van der Waals surface area contributed by atoms with Crippen LogP contribution in [0.4, 0.5) is 5.69 Å². The fourth-order valence-electron chi connectivity index (χ4n) is 4.35. The van der Waals surface area contributed by atoms with Crippen molar-refractivity contribution in [3.8, 4) is 5.75 Å². The molecule has 1 saturated heterocycles. The van der Waals surface area contributed by atoms with Gasteiger partial charge in [0.1, 0.15) is 36.9 Å². The first kappa shape index (κ1) is 25.0. The molecule has 2 heterocycles. The Bertz CT molecular complexity index is 1140. The molecule has 0 radical (unpaired) electrons. The molecule has 3 unspecified atom stereocenters. The Labute approximate surface area is 211 Å². The molecule has 0 aromatic heterocycles. The normalized spacial score (nSPS) is 22.3. The van der Waals surface area contributed by atoms with E-state index in [4.69, 9.17) is 25.8 Å². The number of nitrogens with zero attached hydrogens (tertiary/aromatic N) is 1. The fourth-order valence-corrected chi connectivity index (χ4v) is 4.44. The third-order valence-corrected chi connectivity index (χ3v) is 6.63. The van der Waals surface area contributed by atoms with E-state index in [1.807, 2.05) is 67.4 Å². The van der Waals surface area contributed by atoms with Crippen molar-refractivity contribution in [3.05, 3.63) is 95.8 Å². The van der Waals surface area contributed by atoms with Crippen LogP contribution in [0.15, 0.2) is 84.7 Å². The number of alkyl halides is 1. The van der Waals surface area contributed by atoms with Crippen molar-refractivity contribution < 1.29 is 24.1 Å². The zero-order valence-electron chi connectivity index (χ0n) is 19.9. The molecule has 4 rings (SSSR count). The average Bonchev–Trinajstić information content (AvgIpc) is 3.69. The molecule has 7 heteroatoms. The summed E-state index contributed by atoms with van der Waals surface area (Å²) >= 11 is 5.66. The van der Waals surface area contributed by atoms with Crippen molar-refractivity contribution in [2.24, 2.45) is 0 Å². The van der Waals surface area contributed by atoms with Gasteiger partial charge in [-0.1, -0.05) is 43.0 Å². The summed E-state index contributed by atoms with van der Waals surface area (Å²) < 4.78 is 16.5. The average molecular weight is 496 g/mol. The van der Waals surface area contributed by atoms with Gasteiger partial charge in [0, 0.05) is 18.3 Å². The number of carbonyl (C=O) groups excluding carboxylic acids is 1. The topological polar surface area (TPSA) is 71.5 Å². The van der Waals surface area contributed by atoms with Gasteiger partial charge in [-0.05, 0) is 48.4 Å². The lowest BCUT2D eigenvalue weighted by Crippen LogP contribution is -2.47. The summed E-state index contributed by atoms with van der Waals surface area (Å²) in [5, 5.41) is 9.69. The smallest absolute Gasteiger partial charge is 0.199 e. The number of ether oxygens (including phenoxy) is 3. The summed E-state index contributed by atoms with van der Waals surface area (Å²) in [5.74, 6) is 1.17. The summed E-state index contributed by atoms with van der Waals surface area (Å²) in [5.41, 5.74) is 2.02. The highest BCUT2D eigenvalue weighted by Crippen LogP contribution is 2.49. The number of fused-ring (bicyclic) bond motifs is 1. The van der Waals surface area contributed by atoms with Crippen molar-refractivity contribution in [2.45, 2.75) is 24.7 Å². The monoisotopic (exact) mass is 495 g/mol. The third kappa shape index (κ3) is 5.01. The number of allylic oxidation sites excluding steroid dienone is 2. The van der Waals surface area contributed by atoms with Crippen LogP contribution in [0.5, 0.6) is 5.75 Å². The van der Waals surface area contributed by atoms with Crippen LogP contribution in [0.2, 0.25) is 0 Å². The predicted molar refractivity (Wildman–Crippen MR) is 137 cm³/mol. The maximum Gasteiger partial charge on any atom is 0.199 e. The summed E-state index contributed by atoms with van der Waals surface area (Å²) in [4.78, 5) is 16.1. The van der Waals surface area contributed by atoms with Gasteiger partial charge < -0.3 is 24.2 Å². The number of Topliss-reactive ketones (excluding diaryl/α,β-unsaturated/α-hetero) is 1. The lowest BCUT2D eigenvalue weighted by atomic mass is 9.78. The predicted octanol–water partition coefficient (Wildman–Crippen LogP) is 4.62. The number of hydrogen-bond acceptors (Lipinski definition) is 6. The summed E-state index contributed by atoms with van der Waals surface area (Å²) in [6.45, 7) is 7.16. The Morgan fingerprint density at radius 3 is 2.63 bits per heavy atom. The minimum absolute atomic E-state index is 0.0162. The van der Waals surface area contributed by atoms with Gasteiger partial charge in [0.05, 0.1) is 12.5 Å². The molecule has 6 nitrogen and oxygen atoms in total. The number of benzene rings is 2. The first-order chi connectivity index (χ1) is 16.9. The Hall–Kier alpha value is -3.06. The number of likely N-dealkylation sites (N-methyl/N-ethyl adjacent to an activating group) is 1. The van der Waals surface area contributed by atoms with Crippen LogP contribution in [-0.2, 0) is 15.0 Å². The second-order valence-electron chi connectivity index (χ2n) is 8.57. The molecule has 0 bridgehead atoms. The highest BCUT2D eigenvalue weighted by Gasteiger charge is 2.52. The van der Waals surface area contributed by atoms with E-state index in [2.05, 4.69) is 6.58 Å². The Morgan fingerprint density at radius 2 is 2.00 bits per heavy atom. The van der Waals surface area contributed by atoms with Crippen LogP contribution in [0.3, 0.4) is 0 Å². The molecule has 0 spiro atoms. The maximum absolute atomic E-state index is 14.1. The highest BCUT2D eigenvalue weighted by atomic mass is 35.5. The second-order valence-corrected chi connectivity index (χ2v) is 8.88. The van der Waals surface area contributed by atoms with Crippen LogP contribution in [0, 0.1) is 0 Å². The lowest BCUT2D eigenvalue weighted by Gasteiger charge is -2.38. The number of para-hydroxylation sites is 1. The van der Waals surface area contributed by atoms with Gasteiger partial charge in [0.15, 0.2) is 11.3 Å². The minimum atomic E-state index is -1.08. The first-order valence-corrected chi connectivity index (χ1v) is 12.1. The first-order valence-electron chi connectivity index (χ1n) is 11.5. The van der Waals surface area contributed by atoms with E-state index in [9.17, 15) is 9.90 Å². The van der Waals surface area contributed by atoms with E-state index in [0.717, 1.165) is 16.8 Å². The van der Waals surface area contributed by atoms with Crippen molar-refractivity contribution in [1.82, 2.24) is 0 Å². The van der Waals surface area contributed by atoms with E-state index >= 15 is 0 Å². The van der Waals surface area contributed by atoms with Crippen LogP contribution < -0.4 is 9.64 Å². The molecule has 184 valence electrons. The van der Waals surface area contributed by atoms with Crippen LogP contribution in [0.1, 0.15) is 22.8 Å². The molecular formula is C28H30ClNO5. The van der Waals surface area contributed by atoms with E-state index in [0.29, 0.717) is 30.3 Å². The summed E-state index contributed by atoms with van der Waals surface area (Å²) in [6, 6.07) is 15.0. The van der Waals surface area contributed by atoms with E-state index in [-0.39, 0.29) is 24.4 Å². The number of hydrogen-bond donors (Lipinski definition) is 1. The molecule has 2 aliphatic heterocycles. The van der Waals surface area contributed by atoms with Crippen molar-refractivity contribution in [3.63, 3.8) is 0 Å². The molecule has 0 amide bonds. The standard InChI is InChI=1S/C28H30ClNO5/c1-4-20(10-9-19(2)33-17-24-18-35-24)28(27(32)25-7-5-6-8-26(25)30(28)3)21-11-13-23(14-12-21)34-16-22(31)15-29/h4-14,22,24,31H,2,15-18H2,1,3H3/b10-9-,20-4+. The van der Waals surface area contributed by atoms with Crippen molar-refractivity contribution in [2.75, 3.05) is 37.6 Å². The van der Waals surface area contributed by atoms with Gasteiger partial charge >= 0.3 is 0 Å². The Kier molecular flexibility index (Phi) is 7.65. The molecule has 2 aliphatic rings. The quantitative estimate of drug-likeness (QED) is 0.212. The molecule has 2 aromatic carbocycles. The summed E-state index contributed by atoms with van der Waals surface area (Å²) in [7, 11) is 1.93. The van der Waals surface area contributed by atoms with Gasteiger partial charge in [0.25, 0.3) is 0 Å². The van der Waals surface area contributed by atoms with Crippen molar-refractivity contribution >= 4 is 23.1 Å². The van der Waals surface area contributed by atoms with Crippen LogP contribution >= 0.6 is 11.6 Å². The molecule has 0 aliphatic carbocycles. The van der Waals surface area contributed by atoms with Gasteiger partial charge in [0.2, 0.25) is 0 Å². The second kappa shape index (κ2) is 10.7. The molecule has 0 saturated carbocycles. The minimum Gasteiger partial charge on any atom is -0.491 e. The Morgan fingerprint density at radius 1 is 1.29 bits per heavy atom. The van der Waals surface area contributed by atoms with E-state index in [1.165, 1.54) is 0 Å². The number of aliphatic hydroxyl groups is 1. The van der Waals surface area contributed by atoms with Crippen LogP contribution in [-0.4, -0.2) is 55.8 Å². The molecule has 2 aromatic rings. The lowest BCUT2D eigenvalue weighted by molar-refractivity contribution is 0.0928. The number of carbonyl (C=O) groups is 1. The third-order valence-electron chi connectivity index (χ3n) is 6.27. The molecule has 1 N–H and O–H groups in total. The molecule has 3 atom stereocenters. The number of epoxide rings is 1. The fraction of sp³-hybridized carbons (Fsp3) is 0.321. The number of aliphatic hydroxyl groups excluding tert-OH is 1. The number of rotatable bonds is 11. The van der Waals surface area contributed by atoms with Gasteiger partial charge in [-0.25, -0.2) is 0 Å². The molecule has 1 fully saturated rings. The molecular weight excluding hydrogens is 466 g/mol. The largest absolute Gasteiger partial charge is 0.491 e. The number of halogens is 1. The van der Waals surface area contributed by atoms with Gasteiger partial charge in [-0.3, -0.25) is 4.79 Å². The van der Waals surface area contributed by atoms with E-state index < -0.39 is 11.6 Å². The zero-order chi connectivity index (χ0) is 25.0. The summed E-state index contributed by atoms with van der Waals surface area (Å²) in [6.07, 6.45) is 5.00.